The normalized spacial score (nSPS) is 22.2. The van der Waals surface area contributed by atoms with Crippen molar-refractivity contribution in [3.8, 4) is 5.88 Å². The number of rotatable bonds is 7. The van der Waals surface area contributed by atoms with Gasteiger partial charge in [-0.25, -0.2) is 4.98 Å². The Balaban J connectivity index is 1.95. The number of nitrogens with zero attached hydrogens (tertiary/aromatic N) is 1. The summed E-state index contributed by atoms with van der Waals surface area (Å²) in [4.78, 5) is 15.9. The Morgan fingerprint density at radius 3 is 2.58 bits per heavy atom. The minimum atomic E-state index is -2.86. The molecule has 1 fully saturated rings. The first-order valence-corrected chi connectivity index (χ1v) is 8.62. The summed E-state index contributed by atoms with van der Waals surface area (Å²) < 4.78 is 34.2. The van der Waals surface area contributed by atoms with Gasteiger partial charge in [-0.1, -0.05) is 6.92 Å². The molecule has 0 spiro atoms. The number of aromatic nitrogens is 1. The lowest BCUT2D eigenvalue weighted by Gasteiger charge is -2.32. The zero-order valence-corrected chi connectivity index (χ0v) is 14.2. The molecular formula is C18H25F2NO3. The summed E-state index contributed by atoms with van der Waals surface area (Å²) in [5, 5.41) is 0. The van der Waals surface area contributed by atoms with Crippen molar-refractivity contribution < 1.29 is 23.0 Å². The molecule has 24 heavy (non-hydrogen) atoms. The molecule has 2 rings (SSSR count). The maximum Gasteiger partial charge on any atom is 0.388 e. The third-order valence-electron chi connectivity index (χ3n) is 4.81. The maximum absolute atomic E-state index is 12.3. The van der Waals surface area contributed by atoms with Crippen molar-refractivity contribution in [3.63, 3.8) is 0 Å². The smallest absolute Gasteiger partial charge is 0.388 e. The third kappa shape index (κ3) is 4.89. The molecule has 0 bridgehead atoms. The molecule has 6 heteroatoms. The van der Waals surface area contributed by atoms with Gasteiger partial charge in [0.05, 0.1) is 12.5 Å². The van der Waals surface area contributed by atoms with Crippen LogP contribution < -0.4 is 4.74 Å². The highest BCUT2D eigenvalue weighted by Gasteiger charge is 2.32. The van der Waals surface area contributed by atoms with Crippen molar-refractivity contribution in [2.45, 2.75) is 58.5 Å². The largest absolute Gasteiger partial charge is 0.466 e. The lowest BCUT2D eigenvalue weighted by molar-refractivity contribution is -0.150. The first kappa shape index (κ1) is 18.6. The van der Waals surface area contributed by atoms with Crippen LogP contribution in [0.4, 0.5) is 8.78 Å². The molecular weight excluding hydrogens is 316 g/mol. The zero-order chi connectivity index (χ0) is 17.5. The van der Waals surface area contributed by atoms with Crippen molar-refractivity contribution in [1.82, 2.24) is 4.98 Å². The Hall–Kier alpha value is -1.72. The number of hydrogen-bond acceptors (Lipinski definition) is 4. The van der Waals surface area contributed by atoms with Gasteiger partial charge in [-0.2, -0.15) is 8.78 Å². The quantitative estimate of drug-likeness (QED) is 0.683. The fourth-order valence-electron chi connectivity index (χ4n) is 3.63. The van der Waals surface area contributed by atoms with E-state index in [0.717, 1.165) is 37.7 Å². The monoisotopic (exact) mass is 341 g/mol. The molecule has 1 aliphatic carbocycles. The van der Waals surface area contributed by atoms with Crippen LogP contribution in [0.25, 0.3) is 0 Å². The second-order valence-corrected chi connectivity index (χ2v) is 6.18. The molecule has 0 aromatic carbocycles. The van der Waals surface area contributed by atoms with E-state index in [4.69, 9.17) is 4.74 Å². The average Bonchev–Trinajstić information content (AvgIpc) is 2.56. The number of pyridine rings is 1. The molecule has 1 aromatic heterocycles. The van der Waals surface area contributed by atoms with Gasteiger partial charge in [0.2, 0.25) is 5.88 Å². The van der Waals surface area contributed by atoms with Gasteiger partial charge in [0.15, 0.2) is 0 Å². The summed E-state index contributed by atoms with van der Waals surface area (Å²) in [7, 11) is 0. The highest BCUT2D eigenvalue weighted by atomic mass is 19.3. The SMILES string of the molecule is CCOC(=O)C(CC)C1CCC(c2ccnc(OC(F)F)c2)CC1. The summed E-state index contributed by atoms with van der Waals surface area (Å²) in [5.41, 5.74) is 0.975. The van der Waals surface area contributed by atoms with Gasteiger partial charge in [0.25, 0.3) is 0 Å². The fraction of sp³-hybridized carbons (Fsp3) is 0.667. The molecule has 4 nitrogen and oxygen atoms in total. The Morgan fingerprint density at radius 2 is 2.00 bits per heavy atom. The van der Waals surface area contributed by atoms with Gasteiger partial charge in [0, 0.05) is 12.3 Å². The van der Waals surface area contributed by atoms with Crippen LogP contribution in [0, 0.1) is 11.8 Å². The predicted octanol–water partition coefficient (Wildman–Crippen LogP) is 4.55. The lowest BCUT2D eigenvalue weighted by Crippen LogP contribution is -2.28. The standard InChI is InChI=1S/C18H25F2NO3/c1-3-15(17(22)23-4-2)13-7-5-12(6-8-13)14-9-10-21-16(11-14)24-18(19)20/h9-13,15,18H,3-8H2,1-2H3. The molecule has 1 aromatic rings. The Bertz CT molecular complexity index is 531. The second kappa shape index (κ2) is 8.94. The molecule has 0 saturated heterocycles. The average molecular weight is 341 g/mol. The predicted molar refractivity (Wildman–Crippen MR) is 86.0 cm³/mol. The van der Waals surface area contributed by atoms with Crippen LogP contribution in [-0.2, 0) is 9.53 Å². The van der Waals surface area contributed by atoms with Crippen molar-refractivity contribution in [1.29, 1.82) is 0 Å². The minimum Gasteiger partial charge on any atom is -0.466 e. The van der Waals surface area contributed by atoms with E-state index >= 15 is 0 Å². The molecule has 1 unspecified atom stereocenters. The summed E-state index contributed by atoms with van der Waals surface area (Å²) in [6.07, 6.45) is 6.03. The van der Waals surface area contributed by atoms with Crippen molar-refractivity contribution in [3.05, 3.63) is 23.9 Å². The molecule has 1 aliphatic rings. The molecule has 0 amide bonds. The van der Waals surface area contributed by atoms with E-state index in [1.807, 2.05) is 19.9 Å². The van der Waals surface area contributed by atoms with E-state index in [0.29, 0.717) is 18.4 Å². The first-order chi connectivity index (χ1) is 11.5. The Morgan fingerprint density at radius 1 is 1.29 bits per heavy atom. The number of ether oxygens (including phenoxy) is 2. The van der Waals surface area contributed by atoms with Gasteiger partial charge in [-0.3, -0.25) is 4.79 Å². The molecule has 0 N–H and O–H groups in total. The number of halogens is 2. The van der Waals surface area contributed by atoms with E-state index < -0.39 is 6.61 Å². The third-order valence-corrected chi connectivity index (χ3v) is 4.81. The molecule has 0 radical (unpaired) electrons. The number of carbonyl (C=O) groups is 1. The molecule has 0 aliphatic heterocycles. The van der Waals surface area contributed by atoms with Crippen molar-refractivity contribution in [2.75, 3.05) is 6.61 Å². The highest BCUT2D eigenvalue weighted by molar-refractivity contribution is 5.72. The van der Waals surface area contributed by atoms with E-state index in [2.05, 4.69) is 9.72 Å². The van der Waals surface area contributed by atoms with E-state index in [1.54, 1.807) is 6.07 Å². The van der Waals surface area contributed by atoms with Crippen LogP contribution in [0.2, 0.25) is 0 Å². The summed E-state index contributed by atoms with van der Waals surface area (Å²) >= 11 is 0. The van der Waals surface area contributed by atoms with Crippen LogP contribution in [0.1, 0.15) is 57.4 Å². The number of alkyl halides is 2. The Labute approximate surface area is 141 Å². The molecule has 1 saturated carbocycles. The van der Waals surface area contributed by atoms with E-state index in [9.17, 15) is 13.6 Å². The lowest BCUT2D eigenvalue weighted by atomic mass is 9.73. The van der Waals surface area contributed by atoms with Gasteiger partial charge < -0.3 is 9.47 Å². The van der Waals surface area contributed by atoms with Crippen LogP contribution in [-0.4, -0.2) is 24.2 Å². The highest BCUT2D eigenvalue weighted by Crippen LogP contribution is 2.40. The zero-order valence-electron chi connectivity index (χ0n) is 14.2. The summed E-state index contributed by atoms with van der Waals surface area (Å²) in [6, 6.07) is 3.45. The molecule has 134 valence electrons. The fourth-order valence-corrected chi connectivity index (χ4v) is 3.63. The van der Waals surface area contributed by atoms with E-state index in [1.165, 1.54) is 6.20 Å². The van der Waals surface area contributed by atoms with E-state index in [-0.39, 0.29) is 17.8 Å². The van der Waals surface area contributed by atoms with Gasteiger partial charge in [-0.05, 0) is 62.5 Å². The molecule has 1 heterocycles. The van der Waals surface area contributed by atoms with Gasteiger partial charge in [-0.15, -0.1) is 0 Å². The number of carbonyl (C=O) groups excluding carboxylic acids is 1. The van der Waals surface area contributed by atoms with Crippen LogP contribution in [0.15, 0.2) is 18.3 Å². The van der Waals surface area contributed by atoms with Gasteiger partial charge in [0.1, 0.15) is 0 Å². The molecule has 1 atom stereocenters. The summed E-state index contributed by atoms with van der Waals surface area (Å²) in [6.45, 7) is 1.39. The maximum atomic E-state index is 12.3. The Kier molecular flexibility index (Phi) is 6.94. The van der Waals surface area contributed by atoms with Crippen LogP contribution in [0.5, 0.6) is 5.88 Å². The summed E-state index contributed by atoms with van der Waals surface area (Å²) in [5.74, 6) is 0.455. The van der Waals surface area contributed by atoms with Crippen molar-refractivity contribution in [2.24, 2.45) is 11.8 Å². The number of esters is 1. The first-order valence-electron chi connectivity index (χ1n) is 8.62. The van der Waals surface area contributed by atoms with Crippen molar-refractivity contribution >= 4 is 5.97 Å². The van der Waals surface area contributed by atoms with Crippen LogP contribution >= 0.6 is 0 Å². The second-order valence-electron chi connectivity index (χ2n) is 6.18. The minimum absolute atomic E-state index is 0.0393. The topological polar surface area (TPSA) is 48.4 Å². The number of hydrogen-bond donors (Lipinski definition) is 0. The van der Waals surface area contributed by atoms with Gasteiger partial charge >= 0.3 is 12.6 Å². The van der Waals surface area contributed by atoms with Crippen LogP contribution in [0.3, 0.4) is 0 Å².